The molecule has 7 nitrogen and oxygen atoms in total. The van der Waals surface area contributed by atoms with E-state index < -0.39 is 11.5 Å². The fourth-order valence-electron chi connectivity index (χ4n) is 4.46. The molecule has 5 rings (SSSR count). The van der Waals surface area contributed by atoms with E-state index in [1.807, 2.05) is 49.4 Å². The highest BCUT2D eigenvalue weighted by Crippen LogP contribution is 2.45. The Balaban J connectivity index is 1.81. The summed E-state index contributed by atoms with van der Waals surface area (Å²) in [7, 11) is 1.60. The van der Waals surface area contributed by atoms with Crippen LogP contribution in [0.4, 0.5) is 5.69 Å². The quantitative estimate of drug-likeness (QED) is 0.345. The third-order valence-electron chi connectivity index (χ3n) is 6.08. The third kappa shape index (κ3) is 3.24. The average Bonchev–Trinajstić information content (AvgIpc) is 2.84. The first-order valence-corrected chi connectivity index (χ1v) is 10.6. The molecule has 1 aromatic heterocycles. The number of hydrogen-bond acceptors (Lipinski definition) is 7. The number of rotatable bonds is 3. The number of benzene rings is 3. The molecule has 2 heterocycles. The minimum Gasteiger partial charge on any atom is -0.496 e. The first kappa shape index (κ1) is 21.2. The lowest BCUT2D eigenvalue weighted by molar-refractivity contribution is 0.388. The molecule has 1 atom stereocenters. The number of ether oxygens (including phenoxy) is 2. The fourth-order valence-corrected chi connectivity index (χ4v) is 4.46. The second-order valence-electron chi connectivity index (χ2n) is 8.09. The first-order valence-electron chi connectivity index (χ1n) is 10.6. The molecule has 0 bridgehead atoms. The number of nitrogen functional groups attached to an aromatic ring is 1. The maximum Gasteiger partial charge on any atom is 0.344 e. The van der Waals surface area contributed by atoms with Crippen molar-refractivity contribution in [2.75, 3.05) is 12.8 Å². The summed E-state index contributed by atoms with van der Waals surface area (Å²) in [4.78, 5) is 13.2. The van der Waals surface area contributed by atoms with E-state index in [-0.39, 0.29) is 22.8 Å². The molecule has 168 valence electrons. The molecule has 34 heavy (non-hydrogen) atoms. The second kappa shape index (κ2) is 8.01. The summed E-state index contributed by atoms with van der Waals surface area (Å²) < 4.78 is 17.0. The van der Waals surface area contributed by atoms with Crippen molar-refractivity contribution in [2.45, 2.75) is 12.8 Å². The summed E-state index contributed by atoms with van der Waals surface area (Å²) in [6.07, 6.45) is 0. The van der Waals surface area contributed by atoms with Crippen LogP contribution in [0.5, 0.6) is 11.5 Å². The Kier molecular flexibility index (Phi) is 4.99. The van der Waals surface area contributed by atoms with Crippen molar-refractivity contribution in [3.05, 3.63) is 99.2 Å². The van der Waals surface area contributed by atoms with Crippen LogP contribution in [0, 0.1) is 18.3 Å². The molecule has 1 aliphatic rings. The van der Waals surface area contributed by atoms with Gasteiger partial charge in [0, 0.05) is 11.3 Å². The topological polar surface area (TPSA) is 124 Å². The Morgan fingerprint density at radius 2 is 1.82 bits per heavy atom. The highest BCUT2D eigenvalue weighted by Gasteiger charge is 2.36. The number of allylic oxidation sites excluding steroid dienone is 1. The van der Waals surface area contributed by atoms with Gasteiger partial charge in [0.2, 0.25) is 5.88 Å². The highest BCUT2D eigenvalue weighted by molar-refractivity contribution is 5.88. The van der Waals surface area contributed by atoms with Gasteiger partial charge in [-0.2, -0.15) is 5.26 Å². The molecule has 0 saturated carbocycles. The zero-order valence-corrected chi connectivity index (χ0v) is 18.6. The van der Waals surface area contributed by atoms with Gasteiger partial charge in [-0.1, -0.05) is 30.3 Å². The van der Waals surface area contributed by atoms with Crippen molar-refractivity contribution in [1.29, 1.82) is 5.26 Å². The van der Waals surface area contributed by atoms with E-state index in [2.05, 4.69) is 6.07 Å². The Labute approximate surface area is 195 Å². The van der Waals surface area contributed by atoms with Crippen molar-refractivity contribution < 1.29 is 13.9 Å². The Morgan fingerprint density at radius 3 is 2.56 bits per heavy atom. The Hall–Kier alpha value is -4.70. The molecular formula is C27H21N3O4. The molecule has 0 spiro atoms. The van der Waals surface area contributed by atoms with E-state index in [1.54, 1.807) is 25.3 Å². The zero-order valence-electron chi connectivity index (χ0n) is 18.6. The fraction of sp³-hybridized carbons (Fsp3) is 0.111. The lowest BCUT2D eigenvalue weighted by atomic mass is 9.82. The second-order valence-corrected chi connectivity index (χ2v) is 8.09. The summed E-state index contributed by atoms with van der Waals surface area (Å²) in [5.41, 5.74) is 16.2. The summed E-state index contributed by atoms with van der Waals surface area (Å²) in [6.45, 7) is 2.01. The standard InChI is InChI=1S/C27H21N3O4/c1-14-5-3-4-6-17(14)18-11-15(7-9-21(18)32-2)23-20(13-28)26(30)34-25-19-12-16(29)8-10-22(19)33-27(31)24(23)25/h3-12,23H,29-30H2,1-2H3. The number of nitrogens with zero attached hydrogens (tertiary/aromatic N) is 1. The van der Waals surface area contributed by atoms with E-state index in [1.165, 1.54) is 0 Å². The van der Waals surface area contributed by atoms with Crippen molar-refractivity contribution >= 4 is 16.7 Å². The van der Waals surface area contributed by atoms with Gasteiger partial charge in [0.05, 0.1) is 24.0 Å². The SMILES string of the molecule is COc1ccc(C2C(C#N)=C(N)Oc3c2c(=O)oc2ccc(N)cc32)cc1-c1ccccc1C. The molecule has 1 unspecified atom stereocenters. The van der Waals surface area contributed by atoms with Crippen LogP contribution < -0.4 is 26.6 Å². The molecule has 3 aromatic carbocycles. The van der Waals surface area contributed by atoms with Gasteiger partial charge in [-0.05, 0) is 53.9 Å². The highest BCUT2D eigenvalue weighted by atomic mass is 16.5. The van der Waals surface area contributed by atoms with E-state index in [0.717, 1.165) is 16.7 Å². The van der Waals surface area contributed by atoms with Crippen molar-refractivity contribution in [1.82, 2.24) is 0 Å². The van der Waals surface area contributed by atoms with E-state index in [0.29, 0.717) is 28.0 Å². The van der Waals surface area contributed by atoms with Gasteiger partial charge in [-0.25, -0.2) is 4.79 Å². The number of anilines is 1. The molecule has 7 heteroatoms. The molecule has 0 amide bonds. The van der Waals surface area contributed by atoms with Gasteiger partial charge >= 0.3 is 5.63 Å². The lowest BCUT2D eigenvalue weighted by Gasteiger charge is -2.26. The van der Waals surface area contributed by atoms with Crippen LogP contribution in [0.2, 0.25) is 0 Å². The largest absolute Gasteiger partial charge is 0.496 e. The number of nitriles is 1. The number of aryl methyl sites for hydroxylation is 1. The molecule has 4 aromatic rings. The van der Waals surface area contributed by atoms with Crippen LogP contribution in [-0.2, 0) is 0 Å². The third-order valence-corrected chi connectivity index (χ3v) is 6.08. The summed E-state index contributed by atoms with van der Waals surface area (Å²) in [5.74, 6) is 0.0551. The van der Waals surface area contributed by atoms with Crippen molar-refractivity contribution in [2.24, 2.45) is 5.73 Å². The number of methoxy groups -OCH3 is 1. The zero-order chi connectivity index (χ0) is 24.0. The summed E-state index contributed by atoms with van der Waals surface area (Å²) in [5, 5.41) is 10.5. The van der Waals surface area contributed by atoms with Gasteiger partial charge in [-0.15, -0.1) is 0 Å². The van der Waals surface area contributed by atoms with Gasteiger partial charge in [-0.3, -0.25) is 0 Å². The van der Waals surface area contributed by atoms with Crippen LogP contribution in [0.3, 0.4) is 0 Å². The molecular weight excluding hydrogens is 430 g/mol. The number of hydrogen-bond donors (Lipinski definition) is 2. The smallest absolute Gasteiger partial charge is 0.344 e. The molecule has 1 aliphatic heterocycles. The predicted molar refractivity (Wildman–Crippen MR) is 129 cm³/mol. The van der Waals surface area contributed by atoms with Gasteiger partial charge in [0.1, 0.15) is 23.0 Å². The van der Waals surface area contributed by atoms with E-state index in [4.69, 9.17) is 25.4 Å². The lowest BCUT2D eigenvalue weighted by Crippen LogP contribution is -2.26. The van der Waals surface area contributed by atoms with Crippen LogP contribution in [0.15, 0.2) is 81.3 Å². The van der Waals surface area contributed by atoms with Gasteiger partial charge < -0.3 is 25.4 Å². The van der Waals surface area contributed by atoms with Crippen LogP contribution in [0.1, 0.15) is 22.6 Å². The predicted octanol–water partition coefficient (Wildman–Crippen LogP) is 4.58. The average molecular weight is 451 g/mol. The molecule has 0 aliphatic carbocycles. The summed E-state index contributed by atoms with van der Waals surface area (Å²) in [6, 6.07) is 20.5. The molecule has 4 N–H and O–H groups in total. The molecule has 0 fully saturated rings. The normalized spacial score (nSPS) is 14.9. The van der Waals surface area contributed by atoms with E-state index in [9.17, 15) is 10.1 Å². The Morgan fingerprint density at radius 1 is 1.03 bits per heavy atom. The van der Waals surface area contributed by atoms with E-state index >= 15 is 0 Å². The maximum atomic E-state index is 13.2. The van der Waals surface area contributed by atoms with Crippen LogP contribution in [-0.4, -0.2) is 7.11 Å². The maximum absolute atomic E-state index is 13.2. The minimum absolute atomic E-state index is 0.0671. The van der Waals surface area contributed by atoms with Gasteiger partial charge in [0.15, 0.2) is 5.75 Å². The van der Waals surface area contributed by atoms with Crippen LogP contribution >= 0.6 is 0 Å². The summed E-state index contributed by atoms with van der Waals surface area (Å²) >= 11 is 0. The number of nitrogens with two attached hydrogens (primary N) is 2. The minimum atomic E-state index is -0.787. The monoisotopic (exact) mass is 451 g/mol. The molecule has 0 radical (unpaired) electrons. The van der Waals surface area contributed by atoms with Gasteiger partial charge in [0.25, 0.3) is 0 Å². The number of fused-ring (bicyclic) bond motifs is 3. The van der Waals surface area contributed by atoms with Crippen LogP contribution in [0.25, 0.3) is 22.1 Å². The molecule has 0 saturated heterocycles. The Bertz CT molecular complexity index is 1590. The van der Waals surface area contributed by atoms with Crippen molar-refractivity contribution in [3.63, 3.8) is 0 Å². The van der Waals surface area contributed by atoms with Crippen molar-refractivity contribution in [3.8, 4) is 28.7 Å². The first-order chi connectivity index (χ1) is 16.4.